The van der Waals surface area contributed by atoms with Crippen molar-refractivity contribution in [2.45, 2.75) is 27.2 Å². The highest BCUT2D eigenvalue weighted by Crippen LogP contribution is 2.17. The molecule has 1 amide bonds. The van der Waals surface area contributed by atoms with Crippen molar-refractivity contribution in [1.29, 1.82) is 0 Å². The summed E-state index contributed by atoms with van der Waals surface area (Å²) in [5.74, 6) is -0.0587. The number of rotatable bonds is 3. The molecular formula is C13H21ClN2O. The van der Waals surface area contributed by atoms with Gasteiger partial charge in [-0.1, -0.05) is 26.8 Å². The summed E-state index contributed by atoms with van der Waals surface area (Å²) < 4.78 is 0. The first-order valence-corrected chi connectivity index (χ1v) is 5.52. The Balaban J connectivity index is 0.00000256. The first-order chi connectivity index (χ1) is 7.38. The summed E-state index contributed by atoms with van der Waals surface area (Å²) >= 11 is 0. The Morgan fingerprint density at radius 3 is 2.53 bits per heavy atom. The van der Waals surface area contributed by atoms with E-state index in [4.69, 9.17) is 5.73 Å². The Bertz CT molecular complexity index is 372. The monoisotopic (exact) mass is 256 g/mol. The maximum absolute atomic E-state index is 11.7. The van der Waals surface area contributed by atoms with E-state index >= 15 is 0 Å². The molecule has 0 saturated heterocycles. The second-order valence-electron chi connectivity index (χ2n) is 5.19. The summed E-state index contributed by atoms with van der Waals surface area (Å²) in [5.41, 5.74) is 7.09. The second kappa shape index (κ2) is 6.50. The lowest BCUT2D eigenvalue weighted by Crippen LogP contribution is -2.27. The normalized spacial score (nSPS) is 10.5. The van der Waals surface area contributed by atoms with Crippen molar-refractivity contribution in [2.24, 2.45) is 5.41 Å². The largest absolute Gasteiger partial charge is 0.399 e. The van der Waals surface area contributed by atoms with E-state index < -0.39 is 0 Å². The summed E-state index contributed by atoms with van der Waals surface area (Å²) in [6.07, 6.45) is 0.959. The fourth-order valence-electron chi connectivity index (χ4n) is 1.33. The zero-order chi connectivity index (χ0) is 12.2. The summed E-state index contributed by atoms with van der Waals surface area (Å²) in [6, 6.07) is 7.01. The van der Waals surface area contributed by atoms with Gasteiger partial charge in [0.1, 0.15) is 0 Å². The van der Waals surface area contributed by atoms with Crippen LogP contribution in [0.15, 0.2) is 24.3 Å². The van der Waals surface area contributed by atoms with Crippen molar-refractivity contribution in [3.05, 3.63) is 29.8 Å². The number of nitrogens with one attached hydrogen (secondary N) is 1. The highest BCUT2D eigenvalue weighted by atomic mass is 35.5. The molecule has 0 aliphatic heterocycles. The Hall–Kier alpha value is -1.22. The third-order valence-electron chi connectivity index (χ3n) is 2.31. The molecule has 17 heavy (non-hydrogen) atoms. The minimum absolute atomic E-state index is 0. The van der Waals surface area contributed by atoms with E-state index in [9.17, 15) is 4.79 Å². The van der Waals surface area contributed by atoms with Gasteiger partial charge < -0.3 is 11.1 Å². The predicted octanol–water partition coefficient (Wildman–Crippen LogP) is 2.86. The molecular weight excluding hydrogens is 236 g/mol. The van der Waals surface area contributed by atoms with Crippen LogP contribution < -0.4 is 11.1 Å². The van der Waals surface area contributed by atoms with Gasteiger partial charge in [0.05, 0.1) is 0 Å². The van der Waals surface area contributed by atoms with E-state index in [0.29, 0.717) is 17.8 Å². The van der Waals surface area contributed by atoms with Crippen LogP contribution in [0.25, 0.3) is 0 Å². The molecule has 1 aromatic carbocycles. The Morgan fingerprint density at radius 1 is 1.35 bits per heavy atom. The molecule has 4 heteroatoms. The number of nitrogen functional groups attached to an aromatic ring is 1. The molecule has 3 N–H and O–H groups in total. The predicted molar refractivity (Wildman–Crippen MR) is 74.5 cm³/mol. The van der Waals surface area contributed by atoms with Crippen molar-refractivity contribution in [2.75, 3.05) is 12.3 Å². The van der Waals surface area contributed by atoms with Crippen LogP contribution in [0.1, 0.15) is 37.6 Å². The maximum Gasteiger partial charge on any atom is 0.251 e. The van der Waals surface area contributed by atoms with E-state index in [0.717, 1.165) is 6.42 Å². The van der Waals surface area contributed by atoms with Crippen LogP contribution in [0.5, 0.6) is 0 Å². The third-order valence-corrected chi connectivity index (χ3v) is 2.31. The van der Waals surface area contributed by atoms with Gasteiger partial charge >= 0.3 is 0 Å². The molecule has 0 bridgehead atoms. The number of benzene rings is 1. The van der Waals surface area contributed by atoms with Crippen molar-refractivity contribution in [1.82, 2.24) is 5.32 Å². The molecule has 0 aromatic heterocycles. The van der Waals surface area contributed by atoms with Crippen molar-refractivity contribution in [3.63, 3.8) is 0 Å². The van der Waals surface area contributed by atoms with Crippen LogP contribution in [0.3, 0.4) is 0 Å². The molecule has 1 aromatic rings. The molecule has 0 radical (unpaired) electrons. The summed E-state index contributed by atoms with van der Waals surface area (Å²) in [5, 5.41) is 2.89. The molecule has 3 nitrogen and oxygen atoms in total. The number of hydrogen-bond acceptors (Lipinski definition) is 2. The topological polar surface area (TPSA) is 55.1 Å². The van der Waals surface area contributed by atoms with Crippen molar-refractivity contribution < 1.29 is 4.79 Å². The first kappa shape index (κ1) is 15.8. The zero-order valence-electron chi connectivity index (χ0n) is 10.6. The lowest BCUT2D eigenvalue weighted by molar-refractivity contribution is 0.0949. The summed E-state index contributed by atoms with van der Waals surface area (Å²) in [7, 11) is 0. The van der Waals surface area contributed by atoms with E-state index in [1.54, 1.807) is 24.3 Å². The molecule has 1 rings (SSSR count). The van der Waals surface area contributed by atoms with Gasteiger partial charge in [-0.05, 0) is 30.0 Å². The highest BCUT2D eigenvalue weighted by molar-refractivity contribution is 5.94. The Labute approximate surface area is 109 Å². The van der Waals surface area contributed by atoms with Crippen LogP contribution in [0.2, 0.25) is 0 Å². The van der Waals surface area contributed by atoms with E-state index in [2.05, 4.69) is 26.1 Å². The molecule has 0 unspecified atom stereocenters. The molecule has 0 aliphatic carbocycles. The fourth-order valence-corrected chi connectivity index (χ4v) is 1.33. The summed E-state index contributed by atoms with van der Waals surface area (Å²) in [4.78, 5) is 11.7. The quantitative estimate of drug-likeness (QED) is 0.817. The van der Waals surface area contributed by atoms with Crippen LogP contribution in [-0.2, 0) is 0 Å². The summed E-state index contributed by atoms with van der Waals surface area (Å²) in [6.45, 7) is 7.15. The molecule has 0 heterocycles. The molecule has 0 atom stereocenters. The van der Waals surface area contributed by atoms with Gasteiger partial charge in [0.25, 0.3) is 5.91 Å². The maximum atomic E-state index is 11.7. The minimum atomic E-state index is -0.0587. The zero-order valence-corrected chi connectivity index (χ0v) is 11.4. The van der Waals surface area contributed by atoms with Gasteiger partial charge in [-0.2, -0.15) is 0 Å². The van der Waals surface area contributed by atoms with Crippen LogP contribution in [0, 0.1) is 5.41 Å². The smallest absolute Gasteiger partial charge is 0.251 e. The van der Waals surface area contributed by atoms with E-state index in [1.165, 1.54) is 0 Å². The second-order valence-corrected chi connectivity index (χ2v) is 5.19. The number of hydrogen-bond donors (Lipinski definition) is 2. The van der Waals surface area contributed by atoms with Crippen LogP contribution in [-0.4, -0.2) is 12.5 Å². The average molecular weight is 257 g/mol. The first-order valence-electron chi connectivity index (χ1n) is 5.52. The number of halogens is 1. The standard InChI is InChI=1S/C13H20N2O.ClH/c1-13(2,3)7-8-15-12(16)10-5-4-6-11(14)9-10;/h4-6,9H,7-8,14H2,1-3H3,(H,15,16);1H. The number of carbonyl (C=O) groups is 1. The Kier molecular flexibility index (Phi) is 6.03. The van der Waals surface area contributed by atoms with E-state index in [1.807, 2.05) is 0 Å². The van der Waals surface area contributed by atoms with Crippen LogP contribution in [0.4, 0.5) is 5.69 Å². The Morgan fingerprint density at radius 2 is 2.00 bits per heavy atom. The molecule has 0 fully saturated rings. The van der Waals surface area contributed by atoms with Crippen LogP contribution >= 0.6 is 12.4 Å². The van der Waals surface area contributed by atoms with Crippen molar-refractivity contribution in [3.8, 4) is 0 Å². The number of nitrogens with two attached hydrogens (primary N) is 1. The number of carbonyl (C=O) groups excluding carboxylic acids is 1. The fraction of sp³-hybridized carbons (Fsp3) is 0.462. The van der Waals surface area contributed by atoms with Gasteiger partial charge in [-0.15, -0.1) is 12.4 Å². The third kappa shape index (κ3) is 6.17. The SMILES string of the molecule is CC(C)(C)CCNC(=O)c1cccc(N)c1.Cl. The van der Waals surface area contributed by atoms with Gasteiger partial charge in [0.2, 0.25) is 0 Å². The van der Waals surface area contributed by atoms with Gasteiger partial charge in [-0.3, -0.25) is 4.79 Å². The lowest BCUT2D eigenvalue weighted by atomic mass is 9.92. The average Bonchev–Trinajstić information content (AvgIpc) is 2.15. The van der Waals surface area contributed by atoms with E-state index in [-0.39, 0.29) is 23.7 Å². The molecule has 0 aliphatic rings. The molecule has 96 valence electrons. The van der Waals surface area contributed by atoms with Gasteiger partial charge in [0.15, 0.2) is 0 Å². The minimum Gasteiger partial charge on any atom is -0.399 e. The molecule has 0 saturated carbocycles. The number of amides is 1. The lowest BCUT2D eigenvalue weighted by Gasteiger charge is -2.18. The van der Waals surface area contributed by atoms with Gasteiger partial charge in [0, 0.05) is 17.8 Å². The van der Waals surface area contributed by atoms with Crippen molar-refractivity contribution >= 4 is 24.0 Å². The number of anilines is 1. The van der Waals surface area contributed by atoms with Gasteiger partial charge in [-0.25, -0.2) is 0 Å². The highest BCUT2D eigenvalue weighted by Gasteiger charge is 2.11. The molecule has 0 spiro atoms.